The van der Waals surface area contributed by atoms with Crippen LogP contribution in [0.25, 0.3) is 0 Å². The van der Waals surface area contributed by atoms with E-state index in [1.54, 1.807) is 0 Å². The predicted octanol–water partition coefficient (Wildman–Crippen LogP) is 1.11. The van der Waals surface area contributed by atoms with Gasteiger partial charge in [0.05, 0.1) is 0 Å². The zero-order valence-corrected chi connectivity index (χ0v) is 7.24. The predicted molar refractivity (Wildman–Crippen MR) is 44.8 cm³/mol. The molecule has 0 aromatic heterocycles. The minimum atomic E-state index is -1.64. The lowest BCUT2D eigenvalue weighted by Gasteiger charge is -2.02. The van der Waals surface area contributed by atoms with Gasteiger partial charge in [0, 0.05) is 5.56 Å². The van der Waals surface area contributed by atoms with Crippen LogP contribution in [0.4, 0.5) is 4.39 Å². The Hall–Kier alpha value is -1.91. The smallest absolute Gasteiger partial charge is 0.377 e. The Morgan fingerprint density at radius 3 is 2.36 bits per heavy atom. The number of halogens is 1. The van der Waals surface area contributed by atoms with Crippen LogP contribution >= 0.6 is 0 Å². The molecule has 5 heteroatoms. The maximum Gasteiger partial charge on any atom is 0.377 e. The minimum absolute atomic E-state index is 0.0228. The van der Waals surface area contributed by atoms with Gasteiger partial charge in [-0.1, -0.05) is 0 Å². The summed E-state index contributed by atoms with van der Waals surface area (Å²) in [5.74, 6) is -4.40. The van der Waals surface area contributed by atoms with Gasteiger partial charge in [-0.05, 0) is 24.6 Å². The molecule has 0 amide bonds. The van der Waals surface area contributed by atoms with Crippen LogP contribution in [0.1, 0.15) is 15.9 Å². The maximum absolute atomic E-state index is 12.9. The highest BCUT2D eigenvalue weighted by Crippen LogP contribution is 2.21. The van der Waals surface area contributed by atoms with Gasteiger partial charge in [-0.15, -0.1) is 0 Å². The molecule has 1 aromatic rings. The van der Waals surface area contributed by atoms with Crippen molar-refractivity contribution in [2.24, 2.45) is 0 Å². The number of carboxylic acids is 1. The number of carboxylic acid groups (broad SMARTS) is 1. The molecule has 0 aliphatic carbocycles. The molecule has 0 heterocycles. The number of benzene rings is 1. The molecule has 0 unspecified atom stereocenters. The summed E-state index contributed by atoms with van der Waals surface area (Å²) >= 11 is 0. The number of rotatable bonds is 2. The molecule has 1 aromatic carbocycles. The molecule has 2 N–H and O–H groups in total. The second-order valence-corrected chi connectivity index (χ2v) is 2.76. The number of aromatic hydroxyl groups is 1. The molecular weight excluding hydrogens is 191 g/mol. The summed E-state index contributed by atoms with van der Waals surface area (Å²) in [6.45, 7) is 1.33. The number of Topliss-reactive ketones (excluding diaryl/α,β-unsaturated/α-hetero) is 1. The Balaban J connectivity index is 3.26. The third-order valence-corrected chi connectivity index (χ3v) is 1.69. The largest absolute Gasteiger partial charge is 0.505 e. The SMILES string of the molecule is Cc1cc(C(=O)C(=O)O)cc(O)c1F. The number of carbonyl (C=O) groups is 2. The molecule has 0 aliphatic rings. The average Bonchev–Trinajstić information content (AvgIpc) is 2.12. The van der Waals surface area contributed by atoms with Gasteiger partial charge in [0.25, 0.3) is 5.78 Å². The molecular formula is C9H7FO4. The molecule has 0 fully saturated rings. The lowest BCUT2D eigenvalue weighted by atomic mass is 10.1. The standard InChI is InChI=1S/C9H7FO4/c1-4-2-5(8(12)9(13)14)3-6(11)7(4)10/h2-3,11H,1H3,(H,13,14). The van der Waals surface area contributed by atoms with E-state index < -0.39 is 23.3 Å². The number of hydrogen-bond acceptors (Lipinski definition) is 3. The van der Waals surface area contributed by atoms with Crippen LogP contribution in [0.5, 0.6) is 5.75 Å². The van der Waals surface area contributed by atoms with E-state index in [9.17, 15) is 14.0 Å². The second-order valence-electron chi connectivity index (χ2n) is 2.76. The highest BCUT2D eigenvalue weighted by molar-refractivity contribution is 6.39. The number of aliphatic carboxylic acids is 1. The van der Waals surface area contributed by atoms with E-state index in [0.717, 1.165) is 12.1 Å². The first kappa shape index (κ1) is 10.2. The molecule has 0 aliphatic heterocycles. The fourth-order valence-electron chi connectivity index (χ4n) is 1.01. The molecule has 14 heavy (non-hydrogen) atoms. The molecule has 0 saturated heterocycles. The maximum atomic E-state index is 12.9. The van der Waals surface area contributed by atoms with Gasteiger partial charge in [-0.3, -0.25) is 4.79 Å². The fourth-order valence-corrected chi connectivity index (χ4v) is 1.01. The molecule has 0 atom stereocenters. The Kier molecular flexibility index (Phi) is 2.51. The van der Waals surface area contributed by atoms with E-state index >= 15 is 0 Å². The summed E-state index contributed by atoms with van der Waals surface area (Å²) in [7, 11) is 0. The quantitative estimate of drug-likeness (QED) is 0.551. The van der Waals surface area contributed by atoms with Gasteiger partial charge in [0.15, 0.2) is 11.6 Å². The number of ketones is 1. The van der Waals surface area contributed by atoms with Crippen LogP contribution in [0.15, 0.2) is 12.1 Å². The van der Waals surface area contributed by atoms with E-state index in [4.69, 9.17) is 10.2 Å². The third kappa shape index (κ3) is 1.71. The van der Waals surface area contributed by atoms with Crippen molar-refractivity contribution in [2.45, 2.75) is 6.92 Å². The first-order valence-electron chi connectivity index (χ1n) is 3.70. The van der Waals surface area contributed by atoms with Crippen LogP contribution in [0, 0.1) is 12.7 Å². The average molecular weight is 198 g/mol. The summed E-state index contributed by atoms with van der Waals surface area (Å²) in [6.07, 6.45) is 0. The van der Waals surface area contributed by atoms with Crippen LogP contribution in [0.2, 0.25) is 0 Å². The highest BCUT2D eigenvalue weighted by atomic mass is 19.1. The first-order valence-corrected chi connectivity index (χ1v) is 3.70. The number of phenols is 1. The monoisotopic (exact) mass is 198 g/mol. The molecule has 0 radical (unpaired) electrons. The van der Waals surface area contributed by atoms with Crippen molar-refractivity contribution < 1.29 is 24.2 Å². The van der Waals surface area contributed by atoms with E-state index in [1.165, 1.54) is 6.92 Å². The summed E-state index contributed by atoms with van der Waals surface area (Å²) < 4.78 is 12.9. The number of phenolic OH excluding ortho intramolecular Hbond substituents is 1. The minimum Gasteiger partial charge on any atom is -0.505 e. The molecule has 0 bridgehead atoms. The first-order chi connectivity index (χ1) is 6.43. The Morgan fingerprint density at radius 2 is 1.93 bits per heavy atom. The number of carbonyl (C=O) groups excluding carboxylic acids is 1. The van der Waals surface area contributed by atoms with Gasteiger partial charge in [0.2, 0.25) is 0 Å². The van der Waals surface area contributed by atoms with Crippen molar-refractivity contribution in [3.05, 3.63) is 29.1 Å². The number of hydrogen-bond donors (Lipinski definition) is 2. The van der Waals surface area contributed by atoms with Crippen molar-refractivity contribution in [1.29, 1.82) is 0 Å². The normalized spacial score (nSPS) is 9.86. The summed E-state index contributed by atoms with van der Waals surface area (Å²) in [4.78, 5) is 21.2. The Morgan fingerprint density at radius 1 is 1.36 bits per heavy atom. The van der Waals surface area contributed by atoms with Crippen LogP contribution in [-0.4, -0.2) is 22.0 Å². The van der Waals surface area contributed by atoms with Crippen molar-refractivity contribution in [3.8, 4) is 5.75 Å². The Labute approximate surface area is 78.6 Å². The van der Waals surface area contributed by atoms with Crippen molar-refractivity contribution >= 4 is 11.8 Å². The second kappa shape index (κ2) is 3.45. The zero-order valence-electron chi connectivity index (χ0n) is 7.24. The molecule has 1 rings (SSSR count). The molecule has 0 spiro atoms. The van der Waals surface area contributed by atoms with Crippen LogP contribution in [-0.2, 0) is 4.79 Å². The van der Waals surface area contributed by atoms with E-state index in [1.807, 2.05) is 0 Å². The summed E-state index contributed by atoms with van der Waals surface area (Å²) in [5.41, 5.74) is -0.219. The highest BCUT2D eigenvalue weighted by Gasteiger charge is 2.17. The van der Waals surface area contributed by atoms with E-state index in [2.05, 4.69) is 0 Å². The molecule has 74 valence electrons. The van der Waals surface area contributed by atoms with E-state index in [-0.39, 0.29) is 11.1 Å². The summed E-state index contributed by atoms with van der Waals surface area (Å²) in [5, 5.41) is 17.4. The fraction of sp³-hybridized carbons (Fsp3) is 0.111. The van der Waals surface area contributed by atoms with Gasteiger partial charge >= 0.3 is 5.97 Å². The summed E-state index contributed by atoms with van der Waals surface area (Å²) in [6, 6.07) is 1.87. The molecule has 0 saturated carbocycles. The number of aryl methyl sites for hydroxylation is 1. The molecule has 4 nitrogen and oxygen atoms in total. The third-order valence-electron chi connectivity index (χ3n) is 1.69. The van der Waals surface area contributed by atoms with Gasteiger partial charge in [0.1, 0.15) is 0 Å². The van der Waals surface area contributed by atoms with Crippen LogP contribution in [0.3, 0.4) is 0 Å². The van der Waals surface area contributed by atoms with Gasteiger partial charge in [-0.25, -0.2) is 9.18 Å². The zero-order chi connectivity index (χ0) is 10.9. The van der Waals surface area contributed by atoms with Gasteiger partial charge in [-0.2, -0.15) is 0 Å². The lowest BCUT2D eigenvalue weighted by molar-refractivity contribution is -0.131. The topological polar surface area (TPSA) is 74.6 Å². The Bertz CT molecular complexity index is 388. The van der Waals surface area contributed by atoms with Crippen molar-refractivity contribution in [3.63, 3.8) is 0 Å². The van der Waals surface area contributed by atoms with Crippen molar-refractivity contribution in [2.75, 3.05) is 0 Å². The van der Waals surface area contributed by atoms with Crippen molar-refractivity contribution in [1.82, 2.24) is 0 Å². The van der Waals surface area contributed by atoms with Crippen LogP contribution < -0.4 is 0 Å². The van der Waals surface area contributed by atoms with Gasteiger partial charge < -0.3 is 10.2 Å². The van der Waals surface area contributed by atoms with E-state index in [0.29, 0.717) is 0 Å². The lowest BCUT2D eigenvalue weighted by Crippen LogP contribution is -2.12.